The first-order valence-electron chi connectivity index (χ1n) is 5.52. The summed E-state index contributed by atoms with van der Waals surface area (Å²) in [5, 5.41) is 8.86. The number of ether oxygens (including phenoxy) is 1. The van der Waals surface area contributed by atoms with Crippen molar-refractivity contribution in [2.75, 3.05) is 0 Å². The minimum Gasteiger partial charge on any atom is -0.477 e. The molecule has 21 heavy (non-hydrogen) atoms. The number of alkyl halides is 3. The number of rotatable bonds is 3. The van der Waals surface area contributed by atoms with Crippen LogP contribution < -0.4 is 4.74 Å². The maximum absolute atomic E-state index is 12.0. The van der Waals surface area contributed by atoms with Crippen LogP contribution in [-0.2, 0) is 0 Å². The van der Waals surface area contributed by atoms with Crippen LogP contribution in [0.3, 0.4) is 0 Å². The second-order valence-corrected chi connectivity index (χ2v) is 4.33. The fraction of sp³-hybridized carbons (Fsp3) is 0.0769. The van der Waals surface area contributed by atoms with Crippen LogP contribution in [0.1, 0.15) is 10.5 Å². The molecule has 0 bridgehead atoms. The van der Waals surface area contributed by atoms with Crippen molar-refractivity contribution in [2.24, 2.45) is 0 Å². The number of halogens is 4. The largest absolute Gasteiger partial charge is 0.573 e. The first kappa shape index (κ1) is 15.1. The van der Waals surface area contributed by atoms with E-state index >= 15 is 0 Å². The summed E-state index contributed by atoms with van der Waals surface area (Å²) in [6.07, 6.45) is -4.77. The van der Waals surface area contributed by atoms with Gasteiger partial charge in [0, 0.05) is 0 Å². The third kappa shape index (κ3) is 4.09. The number of carbonyl (C=O) groups is 1. The molecule has 2 aromatic rings. The Kier molecular flexibility index (Phi) is 4.04. The van der Waals surface area contributed by atoms with Crippen LogP contribution in [0.25, 0.3) is 11.1 Å². The van der Waals surface area contributed by atoms with Gasteiger partial charge in [0.15, 0.2) is 5.69 Å². The van der Waals surface area contributed by atoms with E-state index in [1.54, 1.807) is 0 Å². The van der Waals surface area contributed by atoms with Gasteiger partial charge in [-0.3, -0.25) is 0 Å². The summed E-state index contributed by atoms with van der Waals surface area (Å²) in [6, 6.07) is 7.65. The summed E-state index contributed by atoms with van der Waals surface area (Å²) < 4.78 is 39.9. The van der Waals surface area contributed by atoms with E-state index < -0.39 is 12.3 Å². The normalized spacial score (nSPS) is 11.2. The average molecular weight is 318 g/mol. The second kappa shape index (κ2) is 5.61. The standard InChI is InChI=1S/C13H7ClF3NO3/c14-11-6-8(5-10(18-11)12(19)20)7-1-3-9(4-2-7)21-13(15,16)17/h1-6H,(H,19,20). The number of pyridine rings is 1. The van der Waals surface area contributed by atoms with E-state index in [1.165, 1.54) is 24.3 Å². The van der Waals surface area contributed by atoms with E-state index in [9.17, 15) is 18.0 Å². The molecule has 0 radical (unpaired) electrons. The third-order valence-electron chi connectivity index (χ3n) is 2.43. The Morgan fingerprint density at radius 1 is 1.14 bits per heavy atom. The highest BCUT2D eigenvalue weighted by Crippen LogP contribution is 2.27. The molecule has 1 aromatic heterocycles. The van der Waals surface area contributed by atoms with Gasteiger partial charge in [0.2, 0.25) is 0 Å². The van der Waals surface area contributed by atoms with E-state index in [-0.39, 0.29) is 16.6 Å². The predicted molar refractivity (Wildman–Crippen MR) is 68.3 cm³/mol. The number of hydrogen-bond donors (Lipinski definition) is 1. The van der Waals surface area contributed by atoms with E-state index in [2.05, 4.69) is 9.72 Å². The van der Waals surface area contributed by atoms with Crippen LogP contribution in [0.5, 0.6) is 5.75 Å². The second-order valence-electron chi connectivity index (χ2n) is 3.94. The Bertz CT molecular complexity index is 671. The molecule has 0 aliphatic carbocycles. The highest BCUT2D eigenvalue weighted by atomic mass is 35.5. The molecule has 0 unspecified atom stereocenters. The van der Waals surface area contributed by atoms with Crippen molar-refractivity contribution in [2.45, 2.75) is 6.36 Å². The number of carboxylic acid groups (broad SMARTS) is 1. The maximum Gasteiger partial charge on any atom is 0.573 e. The van der Waals surface area contributed by atoms with Crippen LogP contribution in [0.2, 0.25) is 5.15 Å². The Balaban J connectivity index is 2.32. The molecule has 0 saturated carbocycles. The quantitative estimate of drug-likeness (QED) is 0.869. The van der Waals surface area contributed by atoms with Gasteiger partial charge in [-0.25, -0.2) is 9.78 Å². The summed E-state index contributed by atoms with van der Waals surface area (Å²) >= 11 is 5.71. The number of aromatic carboxylic acids is 1. The first-order chi connectivity index (χ1) is 9.74. The van der Waals surface area contributed by atoms with Crippen molar-refractivity contribution in [1.29, 1.82) is 0 Å². The molecule has 1 aromatic carbocycles. The lowest BCUT2D eigenvalue weighted by atomic mass is 10.1. The Morgan fingerprint density at radius 3 is 2.29 bits per heavy atom. The Hall–Kier alpha value is -2.28. The molecule has 0 amide bonds. The lowest BCUT2D eigenvalue weighted by molar-refractivity contribution is -0.274. The average Bonchev–Trinajstić information content (AvgIpc) is 2.37. The van der Waals surface area contributed by atoms with Gasteiger partial charge in [0.1, 0.15) is 10.9 Å². The van der Waals surface area contributed by atoms with Gasteiger partial charge in [-0.1, -0.05) is 23.7 Å². The van der Waals surface area contributed by atoms with Crippen molar-refractivity contribution in [3.63, 3.8) is 0 Å². The van der Waals surface area contributed by atoms with E-state index in [1.807, 2.05) is 0 Å². The highest BCUT2D eigenvalue weighted by molar-refractivity contribution is 6.29. The van der Waals surface area contributed by atoms with Crippen molar-refractivity contribution < 1.29 is 27.8 Å². The molecule has 110 valence electrons. The van der Waals surface area contributed by atoms with Gasteiger partial charge in [0.25, 0.3) is 0 Å². The molecule has 0 atom stereocenters. The number of hydrogen-bond acceptors (Lipinski definition) is 3. The fourth-order valence-corrected chi connectivity index (χ4v) is 1.83. The third-order valence-corrected chi connectivity index (χ3v) is 2.63. The van der Waals surface area contributed by atoms with E-state index in [0.717, 1.165) is 12.1 Å². The molecule has 4 nitrogen and oxygen atoms in total. The number of aromatic nitrogens is 1. The SMILES string of the molecule is O=C(O)c1cc(-c2ccc(OC(F)(F)F)cc2)cc(Cl)n1. The molecule has 0 aliphatic rings. The molecule has 8 heteroatoms. The lowest BCUT2D eigenvalue weighted by Gasteiger charge is -2.09. The van der Waals surface area contributed by atoms with Crippen LogP contribution in [0.4, 0.5) is 13.2 Å². The summed E-state index contributed by atoms with van der Waals surface area (Å²) in [7, 11) is 0. The van der Waals surface area contributed by atoms with Crippen molar-refractivity contribution in [1.82, 2.24) is 4.98 Å². The zero-order valence-electron chi connectivity index (χ0n) is 10.2. The highest BCUT2D eigenvalue weighted by Gasteiger charge is 2.30. The molecule has 0 fully saturated rings. The van der Waals surface area contributed by atoms with E-state index in [0.29, 0.717) is 11.1 Å². The fourth-order valence-electron chi connectivity index (χ4n) is 1.62. The number of benzene rings is 1. The van der Waals surface area contributed by atoms with Crippen LogP contribution in [0, 0.1) is 0 Å². The summed E-state index contributed by atoms with van der Waals surface area (Å²) in [6.45, 7) is 0. The van der Waals surface area contributed by atoms with Gasteiger partial charge in [0.05, 0.1) is 0 Å². The lowest BCUT2D eigenvalue weighted by Crippen LogP contribution is -2.16. The number of carboxylic acids is 1. The topological polar surface area (TPSA) is 59.4 Å². The predicted octanol–water partition coefficient (Wildman–Crippen LogP) is 4.00. The van der Waals surface area contributed by atoms with Crippen LogP contribution >= 0.6 is 11.6 Å². The minimum absolute atomic E-state index is 0.0273. The Labute approximate surface area is 121 Å². The summed E-state index contributed by atoms with van der Waals surface area (Å²) in [5.74, 6) is -1.62. The van der Waals surface area contributed by atoms with Crippen LogP contribution in [0.15, 0.2) is 36.4 Å². The molecule has 1 N–H and O–H groups in total. The van der Waals surface area contributed by atoms with E-state index in [4.69, 9.17) is 16.7 Å². The van der Waals surface area contributed by atoms with Crippen molar-refractivity contribution in [3.05, 3.63) is 47.2 Å². The molecular weight excluding hydrogens is 311 g/mol. The molecule has 1 heterocycles. The smallest absolute Gasteiger partial charge is 0.477 e. The molecular formula is C13H7ClF3NO3. The van der Waals surface area contributed by atoms with Gasteiger partial charge in [-0.05, 0) is 35.4 Å². The monoisotopic (exact) mass is 317 g/mol. The minimum atomic E-state index is -4.77. The maximum atomic E-state index is 12.0. The zero-order chi connectivity index (χ0) is 15.6. The molecule has 2 rings (SSSR count). The van der Waals surface area contributed by atoms with Crippen LogP contribution in [-0.4, -0.2) is 22.4 Å². The molecule has 0 spiro atoms. The van der Waals surface area contributed by atoms with Gasteiger partial charge >= 0.3 is 12.3 Å². The summed E-state index contributed by atoms with van der Waals surface area (Å²) in [4.78, 5) is 14.5. The zero-order valence-corrected chi connectivity index (χ0v) is 10.9. The van der Waals surface area contributed by atoms with Gasteiger partial charge in [-0.15, -0.1) is 13.2 Å². The van der Waals surface area contributed by atoms with Gasteiger partial charge < -0.3 is 9.84 Å². The van der Waals surface area contributed by atoms with Crippen molar-refractivity contribution >= 4 is 17.6 Å². The summed E-state index contributed by atoms with van der Waals surface area (Å²) in [5.41, 5.74) is 0.649. The van der Waals surface area contributed by atoms with Crippen molar-refractivity contribution in [3.8, 4) is 16.9 Å². The Morgan fingerprint density at radius 2 is 1.76 bits per heavy atom. The number of nitrogens with zero attached hydrogens (tertiary/aromatic N) is 1. The first-order valence-corrected chi connectivity index (χ1v) is 5.89. The molecule has 0 aliphatic heterocycles. The molecule has 0 saturated heterocycles. The van der Waals surface area contributed by atoms with Gasteiger partial charge in [-0.2, -0.15) is 0 Å².